The van der Waals surface area contributed by atoms with Crippen LogP contribution in [-0.2, 0) is 9.53 Å². The summed E-state index contributed by atoms with van der Waals surface area (Å²) in [5.74, 6) is 0.000575. The highest BCUT2D eigenvalue weighted by atomic mass is 16.5. The molecule has 3 aliphatic rings. The van der Waals surface area contributed by atoms with Gasteiger partial charge in [-0.3, -0.25) is 4.79 Å². The van der Waals surface area contributed by atoms with Gasteiger partial charge in [0.25, 0.3) is 0 Å². The fraction of sp³-hybridized carbons (Fsp3) is 0.938. The summed E-state index contributed by atoms with van der Waals surface area (Å²) in [4.78, 5) is 12.8. The lowest BCUT2D eigenvalue weighted by atomic mass is 9.48. The zero-order valence-electron chi connectivity index (χ0n) is 13.1. The number of nitrogens with one attached hydrogen (secondary N) is 1. The first-order chi connectivity index (χ1) is 9.89. The van der Waals surface area contributed by atoms with Crippen molar-refractivity contribution in [3.8, 4) is 0 Å². The lowest BCUT2D eigenvalue weighted by Gasteiger charge is -2.60. The second kappa shape index (κ2) is 5.21. The number of aliphatic hydroxyl groups excluding tert-OH is 1. The van der Waals surface area contributed by atoms with Crippen molar-refractivity contribution in [2.24, 2.45) is 17.1 Å². The number of hydrogen-bond acceptors (Lipinski definition) is 4. The molecule has 5 heteroatoms. The summed E-state index contributed by atoms with van der Waals surface area (Å²) in [5.41, 5.74) is 5.31. The first-order valence-corrected chi connectivity index (χ1v) is 8.28. The van der Waals surface area contributed by atoms with E-state index in [0.717, 1.165) is 38.5 Å². The van der Waals surface area contributed by atoms with Crippen LogP contribution in [0.25, 0.3) is 0 Å². The zero-order chi connectivity index (χ0) is 15.3. The molecule has 0 aromatic heterocycles. The van der Waals surface area contributed by atoms with Gasteiger partial charge in [0.2, 0.25) is 5.91 Å². The maximum atomic E-state index is 12.8. The monoisotopic (exact) mass is 296 g/mol. The van der Waals surface area contributed by atoms with Crippen LogP contribution in [0, 0.1) is 11.3 Å². The summed E-state index contributed by atoms with van der Waals surface area (Å²) in [5, 5.41) is 13.2. The van der Waals surface area contributed by atoms with Crippen LogP contribution in [0.2, 0.25) is 0 Å². The van der Waals surface area contributed by atoms with Gasteiger partial charge in [0, 0.05) is 17.9 Å². The third kappa shape index (κ3) is 2.13. The van der Waals surface area contributed by atoms with E-state index in [9.17, 15) is 9.90 Å². The average Bonchev–Trinajstić information content (AvgIpc) is 2.84. The number of rotatable bonds is 2. The Balaban J connectivity index is 1.72. The van der Waals surface area contributed by atoms with Crippen molar-refractivity contribution in [2.45, 2.75) is 76.2 Å². The second-order valence-electron chi connectivity index (χ2n) is 7.56. The van der Waals surface area contributed by atoms with Crippen molar-refractivity contribution in [3.05, 3.63) is 0 Å². The predicted molar refractivity (Wildman–Crippen MR) is 79.6 cm³/mol. The number of carbonyl (C=O) groups excluding carboxylic acids is 1. The molecule has 1 amide bonds. The molecule has 5 nitrogen and oxygen atoms in total. The van der Waals surface area contributed by atoms with Gasteiger partial charge >= 0.3 is 0 Å². The van der Waals surface area contributed by atoms with Crippen LogP contribution < -0.4 is 11.1 Å². The molecule has 0 aromatic rings. The van der Waals surface area contributed by atoms with Gasteiger partial charge in [-0.1, -0.05) is 33.1 Å². The molecule has 1 saturated heterocycles. The Morgan fingerprint density at radius 1 is 1.24 bits per heavy atom. The quantitative estimate of drug-likeness (QED) is 0.662. The molecule has 21 heavy (non-hydrogen) atoms. The molecular weight excluding hydrogens is 268 g/mol. The van der Waals surface area contributed by atoms with Crippen molar-refractivity contribution in [1.29, 1.82) is 0 Å². The van der Waals surface area contributed by atoms with Gasteiger partial charge < -0.3 is 20.9 Å². The Kier molecular flexibility index (Phi) is 3.79. The molecule has 2 aliphatic carbocycles. The number of carbonyl (C=O) groups is 1. The minimum Gasteiger partial charge on any atom is -0.391 e. The molecule has 1 heterocycles. The Morgan fingerprint density at radius 2 is 1.95 bits per heavy atom. The van der Waals surface area contributed by atoms with Gasteiger partial charge in [0.05, 0.1) is 18.2 Å². The Bertz CT molecular complexity index is 426. The van der Waals surface area contributed by atoms with Crippen LogP contribution in [0.5, 0.6) is 0 Å². The number of fused-ring (bicyclic) bond motifs is 1. The van der Waals surface area contributed by atoms with E-state index in [2.05, 4.69) is 5.32 Å². The fourth-order valence-electron chi connectivity index (χ4n) is 4.59. The number of amides is 1. The number of aliphatic hydroxyl groups is 1. The molecule has 120 valence electrons. The number of hydrogen-bond donors (Lipinski definition) is 3. The highest BCUT2D eigenvalue weighted by Gasteiger charge is 2.71. The van der Waals surface area contributed by atoms with E-state index in [1.165, 1.54) is 0 Å². The molecular formula is C16H28N2O3. The highest BCUT2D eigenvalue weighted by molar-refractivity contribution is 5.89. The van der Waals surface area contributed by atoms with E-state index in [0.29, 0.717) is 6.61 Å². The van der Waals surface area contributed by atoms with Crippen molar-refractivity contribution >= 4 is 5.91 Å². The minimum absolute atomic E-state index is 0.0901. The Morgan fingerprint density at radius 3 is 2.71 bits per heavy atom. The largest absolute Gasteiger partial charge is 0.391 e. The Hall–Kier alpha value is -0.650. The van der Waals surface area contributed by atoms with Gasteiger partial charge in [-0.2, -0.15) is 0 Å². The summed E-state index contributed by atoms with van der Waals surface area (Å²) >= 11 is 0. The van der Waals surface area contributed by atoms with Crippen molar-refractivity contribution < 1.29 is 14.6 Å². The van der Waals surface area contributed by atoms with E-state index in [1.807, 2.05) is 13.8 Å². The molecule has 0 spiro atoms. The van der Waals surface area contributed by atoms with E-state index >= 15 is 0 Å². The van der Waals surface area contributed by atoms with E-state index in [-0.39, 0.29) is 29.4 Å². The first-order valence-electron chi connectivity index (χ1n) is 8.28. The molecule has 3 rings (SSSR count). The third-order valence-electron chi connectivity index (χ3n) is 6.13. The second-order valence-corrected chi connectivity index (χ2v) is 7.56. The van der Waals surface area contributed by atoms with Crippen LogP contribution in [0.3, 0.4) is 0 Å². The van der Waals surface area contributed by atoms with Crippen LogP contribution in [-0.4, -0.2) is 41.4 Å². The summed E-state index contributed by atoms with van der Waals surface area (Å²) in [6.45, 7) is 4.72. The van der Waals surface area contributed by atoms with Gasteiger partial charge in [-0.15, -0.1) is 0 Å². The summed E-state index contributed by atoms with van der Waals surface area (Å²) < 4.78 is 5.73. The van der Waals surface area contributed by atoms with Crippen molar-refractivity contribution in [3.63, 3.8) is 0 Å². The standard InChI is InChI=1S/C16H28N2O3/c1-15(2)13-10(8-9-21-13)16(15,17)14(20)18-11-6-4-3-5-7-12(11)19/h10-13,19H,3-9,17H2,1-2H3,(H,18,20). The molecule has 0 bridgehead atoms. The Labute approximate surface area is 126 Å². The van der Waals surface area contributed by atoms with Crippen LogP contribution in [0.15, 0.2) is 0 Å². The molecule has 5 unspecified atom stereocenters. The van der Waals surface area contributed by atoms with Crippen LogP contribution in [0.4, 0.5) is 0 Å². The number of ether oxygens (including phenoxy) is 1. The molecule has 2 saturated carbocycles. The van der Waals surface area contributed by atoms with Crippen molar-refractivity contribution in [2.75, 3.05) is 6.61 Å². The highest BCUT2D eigenvalue weighted by Crippen LogP contribution is 2.58. The summed E-state index contributed by atoms with van der Waals surface area (Å²) in [6.07, 6.45) is 5.32. The minimum atomic E-state index is -0.875. The lowest BCUT2D eigenvalue weighted by molar-refractivity contribution is -0.176. The average molecular weight is 296 g/mol. The van der Waals surface area contributed by atoms with Crippen LogP contribution in [0.1, 0.15) is 52.4 Å². The van der Waals surface area contributed by atoms with E-state index < -0.39 is 11.6 Å². The molecule has 4 N–H and O–H groups in total. The van der Waals surface area contributed by atoms with Gasteiger partial charge in [-0.25, -0.2) is 0 Å². The van der Waals surface area contributed by atoms with Gasteiger partial charge in [0.15, 0.2) is 0 Å². The first kappa shape index (κ1) is 15.3. The third-order valence-corrected chi connectivity index (χ3v) is 6.13. The smallest absolute Gasteiger partial charge is 0.241 e. The fourth-order valence-corrected chi connectivity index (χ4v) is 4.59. The maximum Gasteiger partial charge on any atom is 0.241 e. The van der Waals surface area contributed by atoms with Crippen molar-refractivity contribution in [1.82, 2.24) is 5.32 Å². The summed E-state index contributed by atoms with van der Waals surface area (Å²) in [6, 6.07) is -0.155. The molecule has 1 aliphatic heterocycles. The maximum absolute atomic E-state index is 12.8. The topological polar surface area (TPSA) is 84.6 Å². The zero-order valence-corrected chi connectivity index (χ0v) is 13.1. The predicted octanol–water partition coefficient (Wildman–Crippen LogP) is 0.939. The van der Waals surface area contributed by atoms with Gasteiger partial charge in [0.1, 0.15) is 5.54 Å². The normalized spacial score (nSPS) is 45.3. The molecule has 0 aromatic carbocycles. The molecule has 5 atom stereocenters. The number of nitrogens with two attached hydrogens (primary N) is 1. The van der Waals surface area contributed by atoms with E-state index in [1.54, 1.807) is 0 Å². The lowest BCUT2D eigenvalue weighted by Crippen LogP contribution is -2.80. The molecule has 0 radical (unpaired) electrons. The SMILES string of the molecule is CC1(C)C2OCCC2C1(N)C(=O)NC1CCCCCC1O. The van der Waals surface area contributed by atoms with E-state index in [4.69, 9.17) is 10.5 Å². The van der Waals surface area contributed by atoms with Gasteiger partial charge in [-0.05, 0) is 19.3 Å². The van der Waals surface area contributed by atoms with Crippen LogP contribution >= 0.6 is 0 Å². The molecule has 3 fully saturated rings. The summed E-state index contributed by atoms with van der Waals surface area (Å²) in [7, 11) is 0.